The molecule has 48 valence electrons. The van der Waals surface area contributed by atoms with E-state index in [4.69, 9.17) is 5.11 Å². The van der Waals surface area contributed by atoms with Crippen molar-refractivity contribution in [3.8, 4) is 0 Å². The van der Waals surface area contributed by atoms with Crippen LogP contribution in [0.3, 0.4) is 0 Å². The number of carboxylic acids is 1. The summed E-state index contributed by atoms with van der Waals surface area (Å²) in [4.78, 5) is 10.2. The van der Waals surface area contributed by atoms with Crippen LogP contribution in [0.15, 0.2) is 17.3 Å². The summed E-state index contributed by atoms with van der Waals surface area (Å²) in [5.74, 6) is -0.914. The monoisotopic (exact) mass is 126 g/mol. The van der Waals surface area contributed by atoms with Crippen LogP contribution in [0.25, 0.3) is 0 Å². The lowest BCUT2D eigenvalue weighted by Crippen LogP contribution is -2.32. The first-order valence-electron chi connectivity index (χ1n) is 2.49. The second-order valence-electron chi connectivity index (χ2n) is 1.61. The van der Waals surface area contributed by atoms with E-state index in [1.807, 2.05) is 0 Å². The number of nitrogens with one attached hydrogen (secondary N) is 1. The molecule has 1 rings (SSSR count). The highest BCUT2D eigenvalue weighted by Gasteiger charge is 2.12. The number of carbonyl (C=O) groups is 1. The summed E-state index contributed by atoms with van der Waals surface area (Å²) in [5.41, 5.74) is 2.40. The van der Waals surface area contributed by atoms with Gasteiger partial charge >= 0.3 is 5.97 Å². The number of carboxylic acid groups (broad SMARTS) is 1. The van der Waals surface area contributed by atoms with Crippen LogP contribution < -0.4 is 5.43 Å². The molecule has 1 heterocycles. The van der Waals surface area contributed by atoms with Gasteiger partial charge in [-0.15, -0.1) is 0 Å². The lowest BCUT2D eigenvalue weighted by molar-refractivity contribution is -0.138. The van der Waals surface area contributed by atoms with Gasteiger partial charge in [-0.25, -0.2) is 4.79 Å². The molecule has 0 aromatic carbocycles. The smallest absolute Gasteiger partial charge is 0.331 e. The van der Waals surface area contributed by atoms with Crippen molar-refractivity contribution in [3.05, 3.63) is 12.2 Å². The molecule has 0 spiro atoms. The van der Waals surface area contributed by atoms with E-state index in [0.717, 1.165) is 0 Å². The second kappa shape index (κ2) is 2.30. The summed E-state index contributed by atoms with van der Waals surface area (Å²) < 4.78 is 0. The van der Waals surface area contributed by atoms with E-state index in [2.05, 4.69) is 10.5 Å². The van der Waals surface area contributed by atoms with E-state index in [1.165, 1.54) is 12.3 Å². The number of rotatable bonds is 1. The fourth-order valence-corrected chi connectivity index (χ4v) is 0.508. The molecule has 0 aromatic heterocycles. The standard InChI is InChI=1S/C5H6N2O2/c8-5(9)4-2-1-3-6-7-4/h1-4,7H,(H,8,9). The van der Waals surface area contributed by atoms with Gasteiger partial charge in [-0.3, -0.25) is 5.43 Å². The predicted molar refractivity (Wildman–Crippen MR) is 32.2 cm³/mol. The minimum atomic E-state index is -0.914. The predicted octanol–water partition coefficient (Wildman–Crippen LogP) is -0.415. The summed E-state index contributed by atoms with van der Waals surface area (Å²) in [5, 5.41) is 11.9. The van der Waals surface area contributed by atoms with Crippen LogP contribution in [0.5, 0.6) is 0 Å². The third-order valence-electron chi connectivity index (χ3n) is 0.944. The van der Waals surface area contributed by atoms with Gasteiger partial charge in [-0.2, -0.15) is 5.10 Å². The minimum Gasteiger partial charge on any atom is -0.479 e. The number of nitrogens with zero attached hydrogens (tertiary/aromatic N) is 1. The Labute approximate surface area is 51.9 Å². The summed E-state index contributed by atoms with van der Waals surface area (Å²) in [6.45, 7) is 0. The highest BCUT2D eigenvalue weighted by molar-refractivity contribution is 5.80. The molecule has 0 aliphatic carbocycles. The molecule has 0 saturated heterocycles. The molecule has 4 heteroatoms. The number of hydrogen-bond acceptors (Lipinski definition) is 3. The lowest BCUT2D eigenvalue weighted by Gasteiger charge is -2.07. The first-order chi connectivity index (χ1) is 4.30. The summed E-state index contributed by atoms with van der Waals surface area (Å²) in [6.07, 6.45) is 4.62. The summed E-state index contributed by atoms with van der Waals surface area (Å²) in [7, 11) is 0. The topological polar surface area (TPSA) is 61.7 Å². The van der Waals surface area contributed by atoms with Gasteiger partial charge in [-0.1, -0.05) is 0 Å². The van der Waals surface area contributed by atoms with Crippen molar-refractivity contribution in [2.45, 2.75) is 6.04 Å². The molecule has 0 bridgehead atoms. The van der Waals surface area contributed by atoms with Gasteiger partial charge in [0, 0.05) is 6.21 Å². The van der Waals surface area contributed by atoms with Crippen LogP contribution in [-0.4, -0.2) is 23.3 Å². The molecule has 0 aromatic rings. The third-order valence-corrected chi connectivity index (χ3v) is 0.944. The minimum absolute atomic E-state index is 0.657. The molecule has 0 radical (unpaired) electrons. The molecular weight excluding hydrogens is 120 g/mol. The first kappa shape index (κ1) is 5.81. The lowest BCUT2D eigenvalue weighted by atomic mass is 10.3. The molecule has 1 atom stereocenters. The maximum absolute atomic E-state index is 10.2. The Balaban J connectivity index is 2.56. The van der Waals surface area contributed by atoms with Gasteiger partial charge in [0.1, 0.15) is 0 Å². The van der Waals surface area contributed by atoms with E-state index in [1.54, 1.807) is 6.08 Å². The second-order valence-corrected chi connectivity index (χ2v) is 1.61. The molecular formula is C5H6N2O2. The van der Waals surface area contributed by atoms with E-state index in [0.29, 0.717) is 0 Å². The van der Waals surface area contributed by atoms with Crippen molar-refractivity contribution >= 4 is 12.2 Å². The zero-order chi connectivity index (χ0) is 6.69. The van der Waals surface area contributed by atoms with Gasteiger partial charge in [0.25, 0.3) is 0 Å². The Hall–Kier alpha value is -1.32. The highest BCUT2D eigenvalue weighted by Crippen LogP contribution is 1.89. The van der Waals surface area contributed by atoms with Gasteiger partial charge in [0.15, 0.2) is 6.04 Å². The Kier molecular flexibility index (Phi) is 1.48. The van der Waals surface area contributed by atoms with Crippen LogP contribution >= 0.6 is 0 Å². The van der Waals surface area contributed by atoms with Crippen molar-refractivity contribution in [2.75, 3.05) is 0 Å². The fourth-order valence-electron chi connectivity index (χ4n) is 0.508. The van der Waals surface area contributed by atoms with E-state index < -0.39 is 12.0 Å². The molecule has 2 N–H and O–H groups in total. The zero-order valence-corrected chi connectivity index (χ0v) is 4.61. The van der Waals surface area contributed by atoms with Crippen LogP contribution in [0, 0.1) is 0 Å². The van der Waals surface area contributed by atoms with Crippen molar-refractivity contribution in [3.63, 3.8) is 0 Å². The van der Waals surface area contributed by atoms with E-state index >= 15 is 0 Å². The van der Waals surface area contributed by atoms with Crippen LogP contribution in [0.1, 0.15) is 0 Å². The number of allylic oxidation sites excluding steroid dienone is 1. The number of aliphatic carboxylic acids is 1. The number of hydrazone groups is 1. The van der Waals surface area contributed by atoms with Gasteiger partial charge in [0.05, 0.1) is 0 Å². The van der Waals surface area contributed by atoms with Crippen LogP contribution in [0.4, 0.5) is 0 Å². The number of hydrogen-bond donors (Lipinski definition) is 2. The normalized spacial score (nSPS) is 23.3. The van der Waals surface area contributed by atoms with Crippen molar-refractivity contribution in [2.24, 2.45) is 5.10 Å². The zero-order valence-electron chi connectivity index (χ0n) is 4.61. The fraction of sp³-hybridized carbons (Fsp3) is 0.200. The maximum atomic E-state index is 10.2. The van der Waals surface area contributed by atoms with Gasteiger partial charge < -0.3 is 5.11 Å². The molecule has 1 aliphatic rings. The average Bonchev–Trinajstić information content (AvgIpc) is 1.90. The van der Waals surface area contributed by atoms with Crippen molar-refractivity contribution in [1.29, 1.82) is 0 Å². The molecule has 0 amide bonds. The Bertz CT molecular complexity index is 174. The van der Waals surface area contributed by atoms with Crippen molar-refractivity contribution in [1.82, 2.24) is 5.43 Å². The van der Waals surface area contributed by atoms with E-state index in [9.17, 15) is 4.79 Å². The molecule has 4 nitrogen and oxygen atoms in total. The van der Waals surface area contributed by atoms with Crippen LogP contribution in [-0.2, 0) is 4.79 Å². The highest BCUT2D eigenvalue weighted by atomic mass is 16.4. The SMILES string of the molecule is O=C(O)C1C=CC=NN1. The Morgan fingerprint density at radius 1 is 1.78 bits per heavy atom. The molecule has 1 aliphatic heterocycles. The van der Waals surface area contributed by atoms with Crippen LogP contribution in [0.2, 0.25) is 0 Å². The summed E-state index contributed by atoms with van der Waals surface area (Å²) >= 11 is 0. The quantitative estimate of drug-likeness (QED) is 0.501. The molecule has 1 unspecified atom stereocenters. The Morgan fingerprint density at radius 3 is 2.89 bits per heavy atom. The van der Waals surface area contributed by atoms with E-state index in [-0.39, 0.29) is 0 Å². The third kappa shape index (κ3) is 1.28. The van der Waals surface area contributed by atoms with Gasteiger partial charge in [-0.05, 0) is 12.2 Å². The maximum Gasteiger partial charge on any atom is 0.331 e. The largest absolute Gasteiger partial charge is 0.479 e. The first-order valence-corrected chi connectivity index (χ1v) is 2.49. The molecule has 0 saturated carbocycles. The van der Waals surface area contributed by atoms with Crippen molar-refractivity contribution < 1.29 is 9.90 Å². The molecule has 9 heavy (non-hydrogen) atoms. The molecule has 0 fully saturated rings. The summed E-state index contributed by atoms with van der Waals surface area (Å²) in [6, 6.07) is -0.657. The van der Waals surface area contributed by atoms with Gasteiger partial charge in [0.2, 0.25) is 0 Å². The average molecular weight is 126 g/mol. The Morgan fingerprint density at radius 2 is 2.56 bits per heavy atom.